The van der Waals surface area contributed by atoms with E-state index in [0.717, 1.165) is 24.3 Å². The zero-order valence-corrected chi connectivity index (χ0v) is 14.5. The Hall–Kier alpha value is -3.86. The summed E-state index contributed by atoms with van der Waals surface area (Å²) in [5, 5.41) is 66.0. The average molecular weight is 408 g/mol. The van der Waals surface area contributed by atoms with Crippen LogP contribution in [0.15, 0.2) is 24.3 Å². The van der Waals surface area contributed by atoms with Crippen molar-refractivity contribution in [3.05, 3.63) is 35.4 Å². The van der Waals surface area contributed by atoms with Crippen LogP contribution in [0.1, 0.15) is 20.7 Å². The Morgan fingerprint density at radius 1 is 0.759 bits per heavy atom. The predicted octanol–water partition coefficient (Wildman–Crippen LogP) is 0.293. The van der Waals surface area contributed by atoms with Gasteiger partial charge in [-0.15, -0.1) is 0 Å². The molecule has 154 valence electrons. The highest BCUT2D eigenvalue weighted by Gasteiger charge is 2.53. The summed E-state index contributed by atoms with van der Waals surface area (Å²) in [6.45, 7) is -0.355. The Morgan fingerprint density at radius 3 is 1.62 bits per heavy atom. The Balaban J connectivity index is 1.58. The van der Waals surface area contributed by atoms with Crippen molar-refractivity contribution in [1.29, 1.82) is 0 Å². The van der Waals surface area contributed by atoms with Crippen molar-refractivity contribution in [1.82, 2.24) is 0 Å². The SMILES string of the molecule is O=C(OCC1C(O)C1OC(=O)c1cc(O)c(O)c(O)c1)c1cc(O)c(O)c(O)c1. The zero-order valence-electron chi connectivity index (χ0n) is 14.5. The number of aliphatic hydroxyl groups excluding tert-OH is 1. The molecule has 0 aromatic heterocycles. The van der Waals surface area contributed by atoms with E-state index in [2.05, 4.69) is 0 Å². The van der Waals surface area contributed by atoms with E-state index in [0.29, 0.717) is 0 Å². The van der Waals surface area contributed by atoms with Crippen molar-refractivity contribution < 1.29 is 54.8 Å². The van der Waals surface area contributed by atoms with Gasteiger partial charge in [0.25, 0.3) is 0 Å². The molecule has 3 unspecified atom stereocenters. The van der Waals surface area contributed by atoms with Gasteiger partial charge in [-0.05, 0) is 24.3 Å². The molecule has 2 aromatic rings. The summed E-state index contributed by atoms with van der Waals surface area (Å²) in [6, 6.07) is 3.49. The third kappa shape index (κ3) is 3.89. The van der Waals surface area contributed by atoms with Gasteiger partial charge in [-0.2, -0.15) is 0 Å². The van der Waals surface area contributed by atoms with E-state index in [4.69, 9.17) is 9.47 Å². The standard InChI is InChI=1S/C18H16O11/c19-9-1-6(2-10(20)14(9)24)17(26)28-5-8-13(23)16(8)29-18(27)7-3-11(21)15(25)12(22)4-7/h1-4,8,13,16,19-25H,5H2. The van der Waals surface area contributed by atoms with Crippen LogP contribution in [0.5, 0.6) is 34.5 Å². The first-order chi connectivity index (χ1) is 13.6. The molecule has 3 rings (SSSR count). The van der Waals surface area contributed by atoms with Crippen molar-refractivity contribution in [3.8, 4) is 34.5 Å². The summed E-state index contributed by atoms with van der Waals surface area (Å²) in [4.78, 5) is 24.0. The van der Waals surface area contributed by atoms with Gasteiger partial charge in [-0.1, -0.05) is 0 Å². The smallest absolute Gasteiger partial charge is 0.338 e. The molecule has 29 heavy (non-hydrogen) atoms. The number of ether oxygens (including phenoxy) is 2. The molecule has 7 N–H and O–H groups in total. The van der Waals surface area contributed by atoms with Crippen LogP contribution in [0, 0.1) is 5.92 Å². The lowest BCUT2D eigenvalue weighted by atomic mass is 10.2. The lowest BCUT2D eigenvalue weighted by Gasteiger charge is -2.08. The first kappa shape index (κ1) is 19.9. The Kier molecular flexibility index (Phi) is 4.99. The second-order valence-corrected chi connectivity index (χ2v) is 6.35. The quantitative estimate of drug-likeness (QED) is 0.265. The number of aromatic hydroxyl groups is 6. The number of hydrogen-bond donors (Lipinski definition) is 7. The Bertz CT molecular complexity index is 938. The van der Waals surface area contributed by atoms with E-state index < -0.39 is 64.6 Å². The number of benzene rings is 2. The molecule has 0 saturated heterocycles. The summed E-state index contributed by atoms with van der Waals surface area (Å²) < 4.78 is 9.95. The number of esters is 2. The van der Waals surface area contributed by atoms with Gasteiger partial charge < -0.3 is 45.2 Å². The maximum absolute atomic E-state index is 12.0. The van der Waals surface area contributed by atoms with Crippen LogP contribution in [0.4, 0.5) is 0 Å². The van der Waals surface area contributed by atoms with Crippen LogP contribution in [-0.4, -0.2) is 66.5 Å². The van der Waals surface area contributed by atoms with Gasteiger partial charge in [0.15, 0.2) is 34.5 Å². The van der Waals surface area contributed by atoms with Crippen LogP contribution in [-0.2, 0) is 9.47 Å². The minimum Gasteiger partial charge on any atom is -0.504 e. The molecular formula is C18H16O11. The molecule has 1 aliphatic carbocycles. The van der Waals surface area contributed by atoms with Gasteiger partial charge in [0.1, 0.15) is 18.8 Å². The van der Waals surface area contributed by atoms with Gasteiger partial charge in [0, 0.05) is 0 Å². The van der Waals surface area contributed by atoms with E-state index in [1.807, 2.05) is 0 Å². The summed E-state index contributed by atoms with van der Waals surface area (Å²) in [5.74, 6) is -7.23. The number of hydrogen-bond acceptors (Lipinski definition) is 11. The molecule has 0 aliphatic heterocycles. The second-order valence-electron chi connectivity index (χ2n) is 6.35. The number of rotatable bonds is 5. The zero-order chi connectivity index (χ0) is 21.5. The van der Waals surface area contributed by atoms with Crippen molar-refractivity contribution in [2.45, 2.75) is 12.2 Å². The van der Waals surface area contributed by atoms with Gasteiger partial charge in [-0.25, -0.2) is 9.59 Å². The molecule has 2 aromatic carbocycles. The third-order valence-electron chi connectivity index (χ3n) is 4.32. The maximum Gasteiger partial charge on any atom is 0.338 e. The summed E-state index contributed by atoms with van der Waals surface area (Å²) in [5.41, 5.74) is -0.529. The molecule has 0 heterocycles. The van der Waals surface area contributed by atoms with E-state index >= 15 is 0 Å². The molecule has 0 radical (unpaired) electrons. The van der Waals surface area contributed by atoms with Gasteiger partial charge in [-0.3, -0.25) is 0 Å². The molecule has 1 saturated carbocycles. The van der Waals surface area contributed by atoms with Crippen molar-refractivity contribution >= 4 is 11.9 Å². The number of phenols is 6. The number of carbonyl (C=O) groups is 2. The fourth-order valence-corrected chi connectivity index (χ4v) is 2.57. The fourth-order valence-electron chi connectivity index (χ4n) is 2.57. The lowest BCUT2D eigenvalue weighted by Crippen LogP contribution is -2.12. The van der Waals surface area contributed by atoms with E-state index in [1.165, 1.54) is 0 Å². The third-order valence-corrected chi connectivity index (χ3v) is 4.32. The largest absolute Gasteiger partial charge is 0.504 e. The molecule has 0 spiro atoms. The highest BCUT2D eigenvalue weighted by Crippen LogP contribution is 2.39. The molecule has 11 heteroatoms. The summed E-state index contributed by atoms with van der Waals surface area (Å²) in [7, 11) is 0. The predicted molar refractivity (Wildman–Crippen MR) is 91.9 cm³/mol. The molecule has 1 fully saturated rings. The minimum absolute atomic E-state index is 0.253. The van der Waals surface area contributed by atoms with Crippen LogP contribution in [0.3, 0.4) is 0 Å². The molecule has 0 amide bonds. The molecule has 11 nitrogen and oxygen atoms in total. The molecule has 3 atom stereocenters. The van der Waals surface area contributed by atoms with Gasteiger partial charge in [0.2, 0.25) is 0 Å². The van der Waals surface area contributed by atoms with Crippen molar-refractivity contribution in [3.63, 3.8) is 0 Å². The van der Waals surface area contributed by atoms with Gasteiger partial charge >= 0.3 is 11.9 Å². The lowest BCUT2D eigenvalue weighted by molar-refractivity contribution is 0.0355. The van der Waals surface area contributed by atoms with Crippen LogP contribution in [0.25, 0.3) is 0 Å². The van der Waals surface area contributed by atoms with Crippen LogP contribution < -0.4 is 0 Å². The second kappa shape index (κ2) is 7.28. The Labute approximate surface area is 162 Å². The molecule has 1 aliphatic rings. The van der Waals surface area contributed by atoms with E-state index in [9.17, 15) is 45.3 Å². The van der Waals surface area contributed by atoms with Gasteiger partial charge in [0.05, 0.1) is 17.0 Å². The van der Waals surface area contributed by atoms with E-state index in [1.54, 1.807) is 0 Å². The van der Waals surface area contributed by atoms with Crippen molar-refractivity contribution in [2.24, 2.45) is 5.92 Å². The summed E-state index contributed by atoms with van der Waals surface area (Å²) >= 11 is 0. The van der Waals surface area contributed by atoms with Crippen LogP contribution >= 0.6 is 0 Å². The molecule has 0 bridgehead atoms. The highest BCUT2D eigenvalue weighted by molar-refractivity contribution is 5.92. The monoisotopic (exact) mass is 408 g/mol. The highest BCUT2D eigenvalue weighted by atomic mass is 16.6. The first-order valence-corrected chi connectivity index (χ1v) is 8.16. The maximum atomic E-state index is 12.0. The normalized spacial score (nSPS) is 20.1. The summed E-state index contributed by atoms with van der Waals surface area (Å²) in [6.07, 6.45) is -2.15. The number of aliphatic hydroxyl groups is 1. The number of phenolic OH excluding ortho intramolecular Hbond substituents is 6. The molecular weight excluding hydrogens is 392 g/mol. The average Bonchev–Trinajstić information content (AvgIpc) is 3.28. The topological polar surface area (TPSA) is 194 Å². The number of carbonyl (C=O) groups excluding carboxylic acids is 2. The van der Waals surface area contributed by atoms with Crippen LogP contribution in [0.2, 0.25) is 0 Å². The Morgan fingerprint density at radius 2 is 1.17 bits per heavy atom. The van der Waals surface area contributed by atoms with E-state index in [-0.39, 0.29) is 17.7 Å². The fraction of sp³-hybridized carbons (Fsp3) is 0.222. The first-order valence-electron chi connectivity index (χ1n) is 8.16. The van der Waals surface area contributed by atoms with Crippen molar-refractivity contribution in [2.75, 3.05) is 6.61 Å². The minimum atomic E-state index is -1.13.